The van der Waals surface area contributed by atoms with Crippen LogP contribution in [-0.4, -0.2) is 39.5 Å². The van der Waals surface area contributed by atoms with E-state index in [1.54, 1.807) is 7.11 Å². The molecule has 4 rings (SSSR count). The SMILES string of the molecule is CCOc1ccc(-n2c(S[C@@H]3CCCCC3=O)nnc2-c2ccc(OC)cc2)cc1. The van der Waals surface area contributed by atoms with Crippen molar-refractivity contribution in [3.63, 3.8) is 0 Å². The zero-order valence-corrected chi connectivity index (χ0v) is 18.0. The van der Waals surface area contributed by atoms with Crippen LogP contribution in [0.4, 0.5) is 0 Å². The molecule has 30 heavy (non-hydrogen) atoms. The molecule has 0 amide bonds. The number of benzene rings is 2. The molecular formula is C23H25N3O3S. The first kappa shape index (κ1) is 20.5. The van der Waals surface area contributed by atoms with Gasteiger partial charge < -0.3 is 9.47 Å². The summed E-state index contributed by atoms with van der Waals surface area (Å²) < 4.78 is 12.9. The highest BCUT2D eigenvalue weighted by atomic mass is 32.2. The number of ketones is 1. The Kier molecular flexibility index (Phi) is 6.38. The van der Waals surface area contributed by atoms with Gasteiger partial charge in [0.2, 0.25) is 0 Å². The number of carbonyl (C=O) groups is 1. The summed E-state index contributed by atoms with van der Waals surface area (Å²) in [6.07, 6.45) is 3.60. The Morgan fingerprint density at radius 2 is 1.77 bits per heavy atom. The second-order valence-electron chi connectivity index (χ2n) is 7.12. The van der Waals surface area contributed by atoms with E-state index in [1.165, 1.54) is 11.8 Å². The Hall–Kier alpha value is -2.80. The molecule has 0 N–H and O–H groups in total. The molecular weight excluding hydrogens is 398 g/mol. The van der Waals surface area contributed by atoms with Crippen LogP contribution in [0.1, 0.15) is 32.6 Å². The standard InChI is InChI=1S/C23H25N3O3S/c1-3-29-19-14-10-17(11-15-19)26-22(16-8-12-18(28-2)13-9-16)24-25-23(26)30-21-7-5-4-6-20(21)27/h8-15,21H,3-7H2,1-2H3/t21-/m1/s1. The van der Waals surface area contributed by atoms with Crippen LogP contribution in [0, 0.1) is 0 Å². The highest BCUT2D eigenvalue weighted by Gasteiger charge is 2.27. The van der Waals surface area contributed by atoms with Crippen molar-refractivity contribution in [1.82, 2.24) is 14.8 Å². The van der Waals surface area contributed by atoms with Crippen molar-refractivity contribution < 1.29 is 14.3 Å². The third-order valence-electron chi connectivity index (χ3n) is 5.13. The Bertz CT molecular complexity index is 1000. The van der Waals surface area contributed by atoms with Crippen LogP contribution in [0.3, 0.4) is 0 Å². The first-order valence-corrected chi connectivity index (χ1v) is 11.1. The number of hydrogen-bond donors (Lipinski definition) is 0. The number of aromatic nitrogens is 3. The van der Waals surface area contributed by atoms with Gasteiger partial charge >= 0.3 is 0 Å². The van der Waals surface area contributed by atoms with Crippen molar-refractivity contribution in [3.8, 4) is 28.6 Å². The summed E-state index contributed by atoms with van der Waals surface area (Å²) in [5.41, 5.74) is 1.86. The third-order valence-corrected chi connectivity index (χ3v) is 6.39. The second kappa shape index (κ2) is 9.34. The lowest BCUT2D eigenvalue weighted by Gasteiger charge is -2.20. The summed E-state index contributed by atoms with van der Waals surface area (Å²) in [6.45, 7) is 2.58. The van der Waals surface area contributed by atoms with E-state index in [0.717, 1.165) is 53.0 Å². The highest BCUT2D eigenvalue weighted by molar-refractivity contribution is 8.00. The molecule has 1 fully saturated rings. The Morgan fingerprint density at radius 3 is 2.43 bits per heavy atom. The van der Waals surface area contributed by atoms with Crippen molar-refractivity contribution in [2.75, 3.05) is 13.7 Å². The van der Waals surface area contributed by atoms with Crippen LogP contribution in [0.15, 0.2) is 53.7 Å². The van der Waals surface area contributed by atoms with Gasteiger partial charge in [-0.3, -0.25) is 9.36 Å². The monoisotopic (exact) mass is 423 g/mol. The van der Waals surface area contributed by atoms with E-state index in [0.29, 0.717) is 18.8 Å². The normalized spacial score (nSPS) is 16.5. The van der Waals surface area contributed by atoms with Gasteiger partial charge in [-0.15, -0.1) is 10.2 Å². The molecule has 0 spiro atoms. The van der Waals surface area contributed by atoms with Crippen LogP contribution in [0.5, 0.6) is 11.5 Å². The number of ether oxygens (including phenoxy) is 2. The summed E-state index contributed by atoms with van der Waals surface area (Å²) in [6, 6.07) is 15.6. The zero-order valence-electron chi connectivity index (χ0n) is 17.2. The molecule has 1 aromatic heterocycles. The number of rotatable bonds is 7. The maximum absolute atomic E-state index is 12.4. The van der Waals surface area contributed by atoms with E-state index in [1.807, 2.05) is 60.0 Å². The van der Waals surface area contributed by atoms with E-state index < -0.39 is 0 Å². The van der Waals surface area contributed by atoms with E-state index in [-0.39, 0.29) is 5.25 Å². The fourth-order valence-corrected chi connectivity index (χ4v) is 4.74. The van der Waals surface area contributed by atoms with Crippen molar-refractivity contribution in [3.05, 3.63) is 48.5 Å². The van der Waals surface area contributed by atoms with E-state index in [2.05, 4.69) is 10.2 Å². The third kappa shape index (κ3) is 4.36. The van der Waals surface area contributed by atoms with Crippen LogP contribution < -0.4 is 9.47 Å². The molecule has 1 saturated carbocycles. The van der Waals surface area contributed by atoms with Gasteiger partial charge in [0.25, 0.3) is 0 Å². The van der Waals surface area contributed by atoms with Crippen molar-refractivity contribution >= 4 is 17.5 Å². The summed E-state index contributed by atoms with van der Waals surface area (Å²) >= 11 is 1.52. The fourth-order valence-electron chi connectivity index (χ4n) is 3.57. The highest BCUT2D eigenvalue weighted by Crippen LogP contribution is 2.35. The van der Waals surface area contributed by atoms with Crippen LogP contribution >= 0.6 is 11.8 Å². The second-order valence-corrected chi connectivity index (χ2v) is 8.29. The fraction of sp³-hybridized carbons (Fsp3) is 0.348. The Morgan fingerprint density at radius 1 is 1.03 bits per heavy atom. The molecule has 0 aliphatic heterocycles. The topological polar surface area (TPSA) is 66.2 Å². The molecule has 1 aliphatic carbocycles. The molecule has 0 radical (unpaired) electrons. The lowest BCUT2D eigenvalue weighted by molar-refractivity contribution is -0.119. The molecule has 0 saturated heterocycles. The Labute approximate surface area is 180 Å². The number of carbonyl (C=O) groups excluding carboxylic acids is 1. The number of Topliss-reactive ketones (excluding diaryl/α,β-unsaturated/α-hetero) is 1. The Balaban J connectivity index is 1.74. The molecule has 0 bridgehead atoms. The summed E-state index contributed by atoms with van der Waals surface area (Å²) in [5.74, 6) is 2.64. The zero-order chi connectivity index (χ0) is 20.9. The van der Waals surface area contributed by atoms with E-state index in [4.69, 9.17) is 9.47 Å². The van der Waals surface area contributed by atoms with Gasteiger partial charge in [0, 0.05) is 17.7 Å². The smallest absolute Gasteiger partial charge is 0.196 e. The average molecular weight is 424 g/mol. The minimum atomic E-state index is -0.0619. The maximum atomic E-state index is 12.4. The predicted octanol–water partition coefficient (Wildman–Crippen LogP) is 4.95. The van der Waals surface area contributed by atoms with Gasteiger partial charge in [0.1, 0.15) is 17.3 Å². The molecule has 0 unspecified atom stereocenters. The van der Waals surface area contributed by atoms with Gasteiger partial charge in [-0.25, -0.2) is 0 Å². The summed E-state index contributed by atoms with van der Waals surface area (Å²) in [5, 5.41) is 9.60. The molecule has 3 aromatic rings. The molecule has 6 nitrogen and oxygen atoms in total. The van der Waals surface area contributed by atoms with Gasteiger partial charge in [-0.05, 0) is 68.3 Å². The summed E-state index contributed by atoms with van der Waals surface area (Å²) in [7, 11) is 1.65. The van der Waals surface area contributed by atoms with Gasteiger partial charge in [-0.2, -0.15) is 0 Å². The number of nitrogens with zero attached hydrogens (tertiary/aromatic N) is 3. The number of hydrogen-bond acceptors (Lipinski definition) is 6. The predicted molar refractivity (Wildman–Crippen MR) is 118 cm³/mol. The first-order chi connectivity index (χ1) is 14.7. The minimum Gasteiger partial charge on any atom is -0.497 e. The van der Waals surface area contributed by atoms with Crippen molar-refractivity contribution in [2.24, 2.45) is 0 Å². The molecule has 1 heterocycles. The maximum Gasteiger partial charge on any atom is 0.196 e. The molecule has 2 aromatic carbocycles. The van der Waals surface area contributed by atoms with Crippen LogP contribution in [0.2, 0.25) is 0 Å². The van der Waals surface area contributed by atoms with Gasteiger partial charge in [-0.1, -0.05) is 18.2 Å². The lowest BCUT2D eigenvalue weighted by atomic mass is 9.99. The van der Waals surface area contributed by atoms with Gasteiger partial charge in [0.05, 0.1) is 19.0 Å². The number of thioether (sulfide) groups is 1. The van der Waals surface area contributed by atoms with Crippen LogP contribution in [-0.2, 0) is 4.79 Å². The molecule has 156 valence electrons. The van der Waals surface area contributed by atoms with Crippen molar-refractivity contribution in [2.45, 2.75) is 43.0 Å². The van der Waals surface area contributed by atoms with Gasteiger partial charge in [0.15, 0.2) is 11.0 Å². The molecule has 1 aliphatic rings. The average Bonchev–Trinajstić information content (AvgIpc) is 3.20. The number of methoxy groups -OCH3 is 1. The van der Waals surface area contributed by atoms with Crippen molar-refractivity contribution in [1.29, 1.82) is 0 Å². The molecule has 1 atom stereocenters. The largest absolute Gasteiger partial charge is 0.497 e. The first-order valence-electron chi connectivity index (χ1n) is 10.2. The lowest BCUT2D eigenvalue weighted by Crippen LogP contribution is -2.21. The quantitative estimate of drug-likeness (QED) is 0.536. The summed E-state index contributed by atoms with van der Waals surface area (Å²) in [4.78, 5) is 12.4. The van der Waals surface area contributed by atoms with Crippen LogP contribution in [0.25, 0.3) is 17.1 Å². The minimum absolute atomic E-state index is 0.0619. The van der Waals surface area contributed by atoms with E-state index >= 15 is 0 Å². The van der Waals surface area contributed by atoms with E-state index in [9.17, 15) is 4.79 Å². The molecule has 7 heteroatoms.